The Morgan fingerprint density at radius 1 is 0.667 bits per heavy atom. The maximum atomic E-state index is 12.9. The summed E-state index contributed by atoms with van der Waals surface area (Å²) in [5.74, 6) is -3.43. The number of nitrogens with zero attached hydrogens (tertiary/aromatic N) is 3. The van der Waals surface area contributed by atoms with Crippen molar-refractivity contribution in [2.45, 2.75) is 37.4 Å². The number of anilines is 6. The van der Waals surface area contributed by atoms with Gasteiger partial charge in [0.05, 0.1) is 27.3 Å². The number of nitrogen functional groups attached to an aromatic ring is 1. The number of benzene rings is 5. The maximum absolute atomic E-state index is 12.9. The zero-order valence-corrected chi connectivity index (χ0v) is 63.0. The van der Waals surface area contributed by atoms with Crippen molar-refractivity contribution in [2.24, 2.45) is 10.9 Å². The van der Waals surface area contributed by atoms with Gasteiger partial charge in [-0.05, 0) is 148 Å². The molecule has 5 aromatic rings. The SMILES string of the molecule is CS(=N)(=O)CCC(N)C(=O)O.CS(=N)(=O)CCC(NC(=O)Nc1ccc(Cl)cc1)C(=O)Nc1ccc(N2CCOCC2=O)cc1.CS(=O)(=O)CCC(NC(=O)Nc1ccc(Cl)cc1)C(=O)O.Nc1ccc(N2CCOCC2=O)cc1.O=CO[O-].O=Nc1ccc(Cl)cc1.[3H][B][3H].[Na+].[U]. The van der Waals surface area contributed by atoms with Crippen LogP contribution in [0.4, 0.5) is 49.4 Å². The summed E-state index contributed by atoms with van der Waals surface area (Å²) in [5, 5.41) is 42.6. The molecule has 13 N–H and O–H groups in total. The minimum atomic E-state index is -3.30. The van der Waals surface area contributed by atoms with Gasteiger partial charge in [0, 0.05) is 143 Å². The van der Waals surface area contributed by atoms with E-state index in [-0.39, 0.29) is 129 Å². The van der Waals surface area contributed by atoms with E-state index in [1.54, 1.807) is 119 Å². The van der Waals surface area contributed by atoms with Gasteiger partial charge < -0.3 is 77.7 Å². The van der Waals surface area contributed by atoms with E-state index in [2.05, 4.69) is 36.6 Å². The normalized spacial score (nSPS) is 14.4. The van der Waals surface area contributed by atoms with Crippen LogP contribution in [-0.2, 0) is 72.4 Å². The van der Waals surface area contributed by atoms with E-state index in [0.717, 1.165) is 11.9 Å². The number of carboxylic acids is 2. The fourth-order valence-electron chi connectivity index (χ4n) is 7.09. The van der Waals surface area contributed by atoms with Crippen LogP contribution in [0.2, 0.25) is 15.1 Å². The van der Waals surface area contributed by atoms with Crippen molar-refractivity contribution < 1.29 is 146 Å². The second kappa shape index (κ2) is 47.5. The van der Waals surface area contributed by atoms with Crippen molar-refractivity contribution >= 4 is 160 Å². The standard InChI is InChI=1S/C22H26ClN5O5S.C12H15ClN2O5S.C10H12N2O2.C6H4ClNO.C5H12N2O3S.CH2O3.BH2.Na.U/c1-34(24,32)13-10-19(27-22(31)26-17-4-2-15(23)3-5-17)21(30)25-16-6-8-18(9-7-16)28-11-12-33-14-20(28)29;1-21(19,20)7-6-10(11(16)17)15-12(18)14-9-4-2-8(13)3-5-9;11-8-1-3-9(4-2-8)12-5-6-14-7-10(12)13;7-5-1-3-6(8-9)4-2-5;1-11(7,10)3-2-4(6)5(8)9;2-1-4-3;;;/h2-9,19,24H,10-14H2,1H3,(H,25,30)(H2,26,27,31);2-5,10H,6-7H2,1H3,(H,16,17)(H2,14,15,18);1-4H,5-7,11H2;1-4H;4,7H,2-3,6H2,1H3,(H,8,9);1,3H;1H2;;/q;;;;;;;+1;/p-1/i;;;;;;1T2;;. The molecule has 2 heterocycles. The van der Waals surface area contributed by atoms with Gasteiger partial charge in [0.15, 0.2) is 0 Å². The number of morpholine rings is 2. The van der Waals surface area contributed by atoms with Crippen molar-refractivity contribution in [1.29, 1.82) is 12.2 Å². The fourth-order valence-corrected chi connectivity index (χ4v) is 9.52. The molecule has 5 unspecified atom stereocenters. The molecule has 2 aliphatic rings. The molecule has 2 aliphatic heterocycles. The first-order chi connectivity index (χ1) is 45.0. The number of nitroso groups, excluding NO2 is 1. The molecule has 40 heteroatoms. The third-order valence-corrected chi connectivity index (χ3v) is 15.5. The number of ether oxygens (including phenoxy) is 2. The summed E-state index contributed by atoms with van der Waals surface area (Å²) in [5.41, 5.74) is 14.7. The van der Waals surface area contributed by atoms with Crippen molar-refractivity contribution in [2.75, 3.05) is 107 Å². The summed E-state index contributed by atoms with van der Waals surface area (Å²) in [4.78, 5) is 106. The molecule has 7 amide bonds. The maximum Gasteiger partial charge on any atom is 1.00 e. The molecule has 5 atom stereocenters. The van der Waals surface area contributed by atoms with Crippen LogP contribution >= 0.6 is 34.8 Å². The van der Waals surface area contributed by atoms with Crippen molar-refractivity contribution in [1.82, 2.24) is 10.6 Å². The quantitative estimate of drug-likeness (QED) is 0.0124. The van der Waals surface area contributed by atoms with Gasteiger partial charge in [0.2, 0.25) is 5.91 Å². The van der Waals surface area contributed by atoms with Gasteiger partial charge in [-0.3, -0.25) is 41.9 Å². The monoisotopic (exact) mass is 1690 g/mol. The number of halogens is 3. The first-order valence-electron chi connectivity index (χ1n) is 28.1. The van der Waals surface area contributed by atoms with Gasteiger partial charge in [-0.25, -0.2) is 22.8 Å². The molecule has 31 nitrogen and oxygen atoms in total. The molecule has 0 aliphatic carbocycles. The Labute approximate surface area is 620 Å². The van der Waals surface area contributed by atoms with Gasteiger partial charge in [0.1, 0.15) is 46.9 Å². The Kier molecular flexibility index (Phi) is 43.3. The van der Waals surface area contributed by atoms with E-state index in [1.165, 1.54) is 12.5 Å². The predicted octanol–water partition coefficient (Wildman–Crippen LogP) is 1.61. The molecule has 7 rings (SSSR count). The number of nitrogens with one attached hydrogen (secondary N) is 7. The van der Waals surface area contributed by atoms with Gasteiger partial charge in [-0.2, -0.15) is 0 Å². The molecular weight excluding hydrogens is 1620 g/mol. The van der Waals surface area contributed by atoms with Gasteiger partial charge in [-0.15, -0.1) is 4.91 Å². The third-order valence-electron chi connectivity index (χ3n) is 11.7. The van der Waals surface area contributed by atoms with Crippen LogP contribution in [0.5, 0.6) is 0 Å². The minimum absolute atomic E-state index is 0. The zero-order valence-electron chi connectivity index (χ0n) is 54.1. The van der Waals surface area contributed by atoms with Crippen LogP contribution in [0.1, 0.15) is 19.3 Å². The smallest absolute Gasteiger partial charge is 0.662 e. The molecule has 96 heavy (non-hydrogen) atoms. The summed E-state index contributed by atoms with van der Waals surface area (Å²) < 4.78 is 80.9. The van der Waals surface area contributed by atoms with Crippen LogP contribution in [0.25, 0.3) is 0 Å². The van der Waals surface area contributed by atoms with E-state index >= 15 is 0 Å². The molecular formula is C56H72BCl3N12NaO19S3U. The zero-order chi connectivity index (χ0) is 72.6. The minimum Gasteiger partial charge on any atom is -0.662 e. The second-order valence-corrected chi connectivity index (χ2v) is 28.0. The van der Waals surface area contributed by atoms with E-state index in [0.29, 0.717) is 83.8 Å². The van der Waals surface area contributed by atoms with Gasteiger partial charge in [-0.1, -0.05) is 34.8 Å². The van der Waals surface area contributed by atoms with E-state index in [4.69, 9.17) is 88.2 Å². The van der Waals surface area contributed by atoms with Crippen molar-refractivity contribution in [3.05, 3.63) is 141 Å². The average molecular weight is 1700 g/mol. The number of rotatable bonds is 21. The number of carbonyl (C=O) groups is 8. The fraction of sp³-hybridized carbons (Fsp3) is 0.321. The molecule has 0 bridgehead atoms. The summed E-state index contributed by atoms with van der Waals surface area (Å²) in [7, 11) is -8.26. The summed E-state index contributed by atoms with van der Waals surface area (Å²) in [6, 6.07) is 28.4. The van der Waals surface area contributed by atoms with Crippen LogP contribution < -0.4 is 82.7 Å². The van der Waals surface area contributed by atoms with E-state index in [1.807, 2.05) is 12.1 Å². The molecule has 1 radical (unpaired) electrons. The Hall–Kier alpha value is -6.46. The molecule has 5 aromatic carbocycles. The number of carboxylic acid groups (broad SMARTS) is 2. The third kappa shape index (κ3) is 40.9. The van der Waals surface area contributed by atoms with Crippen molar-refractivity contribution in [3.63, 3.8) is 0 Å². The Morgan fingerprint density at radius 2 is 1.02 bits per heavy atom. The van der Waals surface area contributed by atoms with E-state index < -0.39 is 77.3 Å². The van der Waals surface area contributed by atoms with Crippen LogP contribution in [0.3, 0.4) is 0 Å². The topological polar surface area (TPSA) is 492 Å². The number of urea groups is 2. The Balaban J connectivity index is 0. The number of carbonyl (C=O) groups excluding carboxylic acids is 6. The number of nitrogens with two attached hydrogens (primary N) is 2. The summed E-state index contributed by atoms with van der Waals surface area (Å²) in [6.07, 6.45) is 3.44. The summed E-state index contributed by atoms with van der Waals surface area (Å²) >= 11 is 17.1. The number of aliphatic carboxylic acids is 2. The van der Waals surface area contributed by atoms with Crippen LogP contribution in [-0.4, -0.2) is 180 Å². The molecule has 517 valence electrons. The Bertz CT molecular complexity index is 3660. The van der Waals surface area contributed by atoms with E-state index in [9.17, 15) is 55.3 Å². The second-order valence-electron chi connectivity index (χ2n) is 19.6. The number of hydrogen-bond acceptors (Lipinski definition) is 22. The predicted molar refractivity (Wildman–Crippen MR) is 360 cm³/mol. The van der Waals surface area contributed by atoms with Gasteiger partial charge in [0.25, 0.3) is 18.3 Å². The van der Waals surface area contributed by atoms with Crippen LogP contribution in [0.15, 0.2) is 127 Å². The molecule has 2 saturated heterocycles. The number of sulfone groups is 1. The molecule has 0 aromatic heterocycles. The van der Waals surface area contributed by atoms with Crippen molar-refractivity contribution in [3.8, 4) is 0 Å². The van der Waals surface area contributed by atoms with Gasteiger partial charge >= 0.3 is 53.6 Å². The largest absolute Gasteiger partial charge is 1.00 e. The first-order valence-corrected chi connectivity index (χ1v) is 34.4. The average Bonchev–Trinajstić information content (AvgIpc) is 1.18. The molecule has 2 fully saturated rings. The molecule has 0 spiro atoms. The summed E-state index contributed by atoms with van der Waals surface area (Å²) in [6.45, 7) is 2.12. The number of amides is 7. The van der Waals surface area contributed by atoms with Crippen LogP contribution in [0, 0.1) is 45.6 Å². The number of hydrogen-bond donors (Lipinski definition) is 11. The molecule has 0 saturated carbocycles. The Morgan fingerprint density at radius 3 is 1.38 bits per heavy atom. The first kappa shape index (κ1) is 87.5.